The molecule has 0 spiro atoms. The van der Waals surface area contributed by atoms with Crippen LogP contribution in [0.3, 0.4) is 0 Å². The van der Waals surface area contributed by atoms with E-state index in [0.29, 0.717) is 27.8 Å². The molecule has 8 amide bonds. The number of carboxylic acids is 8. The summed E-state index contributed by atoms with van der Waals surface area (Å²) in [4.78, 5) is 218. The van der Waals surface area contributed by atoms with E-state index in [1.807, 2.05) is 0 Å². The van der Waals surface area contributed by atoms with Gasteiger partial charge in [-0.1, -0.05) is 52.0 Å². The van der Waals surface area contributed by atoms with E-state index >= 15 is 0 Å². The third kappa shape index (κ3) is 19.8. The number of aromatic carboxylic acids is 4. The fraction of sp³-hybridized carbons (Fsp3) is 0.466. The largest absolute Gasteiger partial charge is 0.478 e. The van der Waals surface area contributed by atoms with Crippen molar-refractivity contribution in [3.63, 3.8) is 0 Å². The highest BCUT2D eigenvalue weighted by atomic mass is 32.2. The molecule has 0 aromatic heterocycles. The Bertz CT molecular complexity index is 5530. The van der Waals surface area contributed by atoms with Crippen LogP contribution in [-0.2, 0) is 57.5 Å². The van der Waals surface area contributed by atoms with Gasteiger partial charge in [0, 0.05) is 108 Å². The first-order valence-corrected chi connectivity index (χ1v) is 46.1. The summed E-state index contributed by atoms with van der Waals surface area (Å²) in [5.41, 5.74) is -0.342. The Kier molecular flexibility index (Phi) is 29.6. The van der Waals surface area contributed by atoms with E-state index in [-0.39, 0.29) is 117 Å². The number of likely N-dealkylation sites (tertiary alicyclic amines) is 2. The van der Waals surface area contributed by atoms with Crippen molar-refractivity contribution in [1.29, 1.82) is 0 Å². The highest BCUT2D eigenvalue weighted by Gasteiger charge is 2.63. The number of aliphatic imine (C=N–C) groups is 1. The number of fused-ring (bicyclic) bond motifs is 2. The monoisotopic (exact) mass is 1900 g/mol. The molecule has 10 heterocycles. The highest BCUT2D eigenvalue weighted by Crippen LogP contribution is 2.55. The molecule has 0 bridgehead atoms. The summed E-state index contributed by atoms with van der Waals surface area (Å²) >= 11 is 4.68. The van der Waals surface area contributed by atoms with Crippen LogP contribution in [0.15, 0.2) is 134 Å². The second-order valence-electron chi connectivity index (χ2n) is 34.5. The van der Waals surface area contributed by atoms with Crippen LogP contribution in [-0.4, -0.2) is 307 Å². The van der Waals surface area contributed by atoms with Gasteiger partial charge in [-0.05, 0) is 132 Å². The smallest absolute Gasteiger partial charge is 0.353 e. The molecule has 10 aliphatic rings. The van der Waals surface area contributed by atoms with Gasteiger partial charge in [-0.25, -0.2) is 38.4 Å². The number of hydrogen-bond acceptors (Lipinski definition) is 28. The lowest BCUT2D eigenvalue weighted by Gasteiger charge is -2.46. The molecule has 0 radical (unpaired) electrons. The summed E-state index contributed by atoms with van der Waals surface area (Å²) in [7, 11) is 0. The van der Waals surface area contributed by atoms with Crippen molar-refractivity contribution in [2.75, 3.05) is 47.4 Å². The Morgan fingerprint density at radius 2 is 0.795 bits per heavy atom. The van der Waals surface area contributed by atoms with Gasteiger partial charge in [0.2, 0.25) is 47.3 Å². The number of β-lactam (4-membered cyclic amide) rings is 2. The van der Waals surface area contributed by atoms with Gasteiger partial charge in [0.25, 0.3) is 0 Å². The van der Waals surface area contributed by atoms with E-state index in [2.05, 4.69) is 42.2 Å². The minimum absolute atomic E-state index is 0.00726. The first-order chi connectivity index (χ1) is 62.3. The van der Waals surface area contributed by atoms with Crippen molar-refractivity contribution < 1.29 is 138 Å². The molecule has 6 saturated heterocycles. The van der Waals surface area contributed by atoms with Crippen LogP contribution < -0.4 is 37.2 Å². The molecule has 44 heteroatoms. The minimum Gasteiger partial charge on any atom is -0.478 e. The molecule has 0 saturated carbocycles. The topological polar surface area (TPSA) is 625 Å². The van der Waals surface area contributed by atoms with Gasteiger partial charge in [0.1, 0.15) is 34.9 Å². The van der Waals surface area contributed by atoms with Crippen LogP contribution in [0.4, 0.5) is 22.7 Å². The normalized spacial score (nSPS) is 28.8. The van der Waals surface area contributed by atoms with E-state index in [0.717, 1.165) is 23.5 Å². The first kappa shape index (κ1) is 97.8. The average Bonchev–Trinajstić information content (AvgIpc) is 1.55. The molecule has 0 aliphatic carbocycles. The van der Waals surface area contributed by atoms with E-state index in [1.165, 1.54) is 156 Å². The van der Waals surface area contributed by atoms with Gasteiger partial charge in [0.15, 0.2) is 0 Å². The quantitative estimate of drug-likeness (QED) is 0.0309. The van der Waals surface area contributed by atoms with E-state index in [1.54, 1.807) is 39.8 Å². The van der Waals surface area contributed by atoms with Crippen molar-refractivity contribution in [2.24, 2.45) is 52.3 Å². The molecular weight excluding hydrogens is 1800 g/mol. The number of thioether (sulfide) groups is 4. The number of carbonyl (C=O) groups excluding carboxylic acids is 8. The summed E-state index contributed by atoms with van der Waals surface area (Å²) in [6.45, 7) is 12.9. The van der Waals surface area contributed by atoms with Crippen LogP contribution in [0.2, 0.25) is 0 Å². The molecule has 3 unspecified atom stereocenters. The molecule has 4 aromatic rings. The summed E-state index contributed by atoms with van der Waals surface area (Å²) < 4.78 is 0. The predicted octanol–water partition coefficient (Wildman–Crippen LogP) is 3.77. The molecule has 4 aromatic carbocycles. The first-order valence-electron chi connectivity index (χ1n) is 42.5. The second-order valence-corrected chi connectivity index (χ2v) is 40.0. The van der Waals surface area contributed by atoms with E-state index < -0.39 is 231 Å². The van der Waals surface area contributed by atoms with E-state index in [9.17, 15) is 138 Å². The summed E-state index contributed by atoms with van der Waals surface area (Å²) in [5.74, 6) is -21.7. The van der Waals surface area contributed by atoms with Crippen LogP contribution in [0.1, 0.15) is 123 Å². The Balaban J connectivity index is 0.000000224. The van der Waals surface area contributed by atoms with Crippen LogP contribution in [0.5, 0.6) is 0 Å². The zero-order valence-corrected chi connectivity index (χ0v) is 75.4. The number of carboxylic acid groups (broad SMARTS) is 8. The summed E-state index contributed by atoms with van der Waals surface area (Å²) in [6, 6.07) is 15.3. The fourth-order valence-electron chi connectivity index (χ4n) is 19.4. The number of aliphatic hydroxyl groups excluding tert-OH is 4. The maximum Gasteiger partial charge on any atom is 0.353 e. The van der Waals surface area contributed by atoms with Crippen LogP contribution >= 0.6 is 47.0 Å². The number of rotatable bonds is 32. The molecular formula is C88H100N12O28S4. The fourth-order valence-corrected chi connectivity index (χ4v) is 25.5. The summed E-state index contributed by atoms with van der Waals surface area (Å²) in [5, 5.41) is 140. The van der Waals surface area contributed by atoms with Crippen LogP contribution in [0, 0.1) is 47.3 Å². The van der Waals surface area contributed by atoms with Gasteiger partial charge in [-0.2, -0.15) is 0 Å². The van der Waals surface area contributed by atoms with Gasteiger partial charge < -0.3 is 118 Å². The molecule has 704 valence electrons. The molecule has 132 heavy (non-hydrogen) atoms. The average molecular weight is 1900 g/mol. The third-order valence-corrected chi connectivity index (χ3v) is 31.9. The molecule has 10 aliphatic heterocycles. The number of aliphatic hydroxyl groups is 4. The number of aliphatic carboxylic acids is 4. The van der Waals surface area contributed by atoms with Crippen molar-refractivity contribution in [3.05, 3.63) is 151 Å². The molecule has 40 nitrogen and oxygen atoms in total. The Hall–Kier alpha value is -11.8. The zero-order chi connectivity index (χ0) is 96.1. The Morgan fingerprint density at radius 3 is 1.15 bits per heavy atom. The Morgan fingerprint density at radius 1 is 0.432 bits per heavy atom. The standard InChI is InChI=1S/2C44H50N6O14S2/c2*1-17-31(48-32(43(61)62)35(17)65-25-13-27(45-15-25)37(53)46-23-9-5-7-21(11-23)41(57)58)29(19(3)51)39(55)49-16-26(14-28(49)38(54)47-24-10-6-8-22(12-24)42(59)60)66-36-18(2)33-30(20(4)52)40(56)50(33)34(36)44(63)64/h5-12,17-20,25-31,33,45,48,51-52H,13-16H2,1-4H3,(H,46,53)(H,47,54)(H,57,58)(H,59,60)(H,61,62)(H,63,64);5-12,17-20,25-31,33,35,45,51-52H,13-16H2,1-4H3,(H,46,53)(H,47,54)(H,57,58)(H,59,60)(H,61,62)(H,63,64)/t17-,18-,19-,20-,25+,26+,27+,28+,29-,30?,31-,33-;17-,18-,19-,20-,25+,26+,27+,28+,29-,30?,31-,33-,35?/m11/s1. The number of carbonyl (C=O) groups is 16. The van der Waals surface area contributed by atoms with Gasteiger partial charge in [-0.3, -0.25) is 43.3 Å². The lowest BCUT2D eigenvalue weighted by Crippen LogP contribution is -2.63. The minimum atomic E-state index is -1.42. The van der Waals surface area contributed by atoms with Crippen molar-refractivity contribution in [1.82, 2.24) is 35.6 Å². The lowest BCUT2D eigenvalue weighted by molar-refractivity contribution is -0.163. The summed E-state index contributed by atoms with van der Waals surface area (Å²) in [6.07, 6.45) is -4.42. The maximum absolute atomic E-state index is 15.0. The number of benzene rings is 4. The molecule has 19 N–H and O–H groups in total. The van der Waals surface area contributed by atoms with Gasteiger partial charge in [0.05, 0.1) is 106 Å². The number of nitrogens with one attached hydrogen (secondary N) is 7. The molecule has 25 atom stereocenters. The van der Waals surface area contributed by atoms with Gasteiger partial charge in [-0.15, -0.1) is 47.0 Å². The zero-order valence-electron chi connectivity index (χ0n) is 72.1. The number of nitrogens with zero attached hydrogens (tertiary/aromatic N) is 5. The van der Waals surface area contributed by atoms with Crippen molar-refractivity contribution in [3.8, 4) is 0 Å². The number of amides is 8. The third-order valence-electron chi connectivity index (χ3n) is 25.7. The van der Waals surface area contributed by atoms with Gasteiger partial charge >= 0.3 is 47.8 Å². The lowest BCUT2D eigenvalue weighted by atomic mass is 9.79. The maximum atomic E-state index is 15.0. The van der Waals surface area contributed by atoms with Crippen LogP contribution in [0.25, 0.3) is 0 Å². The highest BCUT2D eigenvalue weighted by molar-refractivity contribution is 8.04. The number of anilines is 4. The number of hydrogen-bond donors (Lipinski definition) is 19. The molecule has 14 rings (SSSR count). The second kappa shape index (κ2) is 40.0. The SMILES string of the molecule is C[C@@H](O)C1C(=O)N2C(C(=O)O)=C(S[C@H]3C[C@@H](C(=O)Nc4cccc(C(=O)O)c4)N(C(=O)[C@@H]([C@@H]4N=C(C(=O)O)C(S[C@@H]5CN[C@H](C(=O)Nc6cccc(C(=O)O)c6)C5)[C@@H]4C)[C@@H](C)O)C3)[C@H](C)[C@H]12.C[C@@H](O)C1C(=O)N2C(C(=O)O)=C(S[C@H]3C[C@@H](C(=O)Nc4cccc(C(=O)O)c4)N(C(=O)[C@@H]([C@@H]4NC(C(=O)O)=C(S[C@@H]5CN[C@H](C(=O)Nc6cccc(C(=O)O)c6)C5)[C@@H]4C)[C@@H](C)O)C3)[C@H](C)[C@H]12. The molecule has 6 fully saturated rings. The van der Waals surface area contributed by atoms with Crippen molar-refractivity contribution >= 4 is 171 Å². The Labute approximate surface area is 770 Å². The van der Waals surface area contributed by atoms with Crippen molar-refractivity contribution in [2.45, 2.75) is 180 Å². The van der Waals surface area contributed by atoms with E-state index in [4.69, 9.17) is 0 Å². The predicted molar refractivity (Wildman–Crippen MR) is 479 cm³/mol.